The Morgan fingerprint density at radius 2 is 1.81 bits per heavy atom. The van der Waals surface area contributed by atoms with E-state index in [-0.39, 0.29) is 11.8 Å². The van der Waals surface area contributed by atoms with Crippen LogP contribution in [0.15, 0.2) is 28.7 Å². The van der Waals surface area contributed by atoms with Crippen LogP contribution < -0.4 is 5.32 Å². The van der Waals surface area contributed by atoms with Crippen molar-refractivity contribution in [3.8, 4) is 0 Å². The Labute approximate surface area is 135 Å². The van der Waals surface area contributed by atoms with Gasteiger partial charge in [0, 0.05) is 23.8 Å². The van der Waals surface area contributed by atoms with E-state index in [1.165, 1.54) is 0 Å². The number of amides is 2. The lowest BCUT2D eigenvalue weighted by atomic mass is 9.90. The molecule has 0 bridgehead atoms. The van der Waals surface area contributed by atoms with E-state index in [9.17, 15) is 9.59 Å². The molecule has 0 saturated heterocycles. The maximum atomic E-state index is 12.4. The van der Waals surface area contributed by atoms with Crippen LogP contribution in [0.25, 0.3) is 0 Å². The average molecular weight is 355 g/mol. The van der Waals surface area contributed by atoms with Crippen molar-refractivity contribution in [3.63, 3.8) is 0 Å². The molecule has 2 amide bonds. The molecule has 0 atom stereocenters. The van der Waals surface area contributed by atoms with E-state index < -0.39 is 5.41 Å². The fourth-order valence-corrected chi connectivity index (χ4v) is 2.16. The van der Waals surface area contributed by atoms with Gasteiger partial charge in [-0.1, -0.05) is 29.3 Å². The van der Waals surface area contributed by atoms with E-state index in [1.807, 2.05) is 12.1 Å². The highest BCUT2D eigenvalue weighted by Gasteiger charge is 2.38. The second kappa shape index (κ2) is 7.59. The molecule has 1 aromatic carbocycles. The van der Waals surface area contributed by atoms with E-state index >= 15 is 0 Å². The molecule has 116 valence electrons. The summed E-state index contributed by atoms with van der Waals surface area (Å²) in [6.45, 7) is 6.06. The second-order valence-corrected chi connectivity index (χ2v) is 6.58. The monoisotopic (exact) mass is 354 g/mol. The summed E-state index contributed by atoms with van der Waals surface area (Å²) in [4.78, 5) is 26.4. The van der Waals surface area contributed by atoms with Crippen LogP contribution in [0.5, 0.6) is 0 Å². The number of nitrogens with one attached hydrogen (secondary N) is 1. The van der Waals surface area contributed by atoms with Gasteiger partial charge in [0.15, 0.2) is 0 Å². The smallest absolute Gasteiger partial charge is 0.239 e. The minimum absolute atomic E-state index is 0.162. The molecule has 0 unspecified atom stereocenters. The first-order valence-electron chi connectivity index (χ1n) is 7.11. The highest BCUT2D eigenvalue weighted by Crippen LogP contribution is 2.22. The number of hydrogen-bond donors (Lipinski definition) is 1. The summed E-state index contributed by atoms with van der Waals surface area (Å²) < 4.78 is 0.940. The third-order valence-corrected chi connectivity index (χ3v) is 3.93. The number of carbonyl (C=O) groups is 2. The van der Waals surface area contributed by atoms with Gasteiger partial charge in [0.1, 0.15) is 5.41 Å². The van der Waals surface area contributed by atoms with E-state index in [1.54, 1.807) is 37.9 Å². The Hall–Kier alpha value is -1.36. The molecule has 0 spiro atoms. The molecule has 0 radical (unpaired) electrons. The van der Waals surface area contributed by atoms with Gasteiger partial charge in [-0.2, -0.15) is 0 Å². The van der Waals surface area contributed by atoms with Crippen LogP contribution in [0, 0.1) is 5.41 Å². The SMILES string of the molecule is CCCCN(C)C(=O)C(C)(C)C(=O)Nc1ccc(Br)cc1. The predicted octanol–water partition coefficient (Wildman–Crippen LogP) is 3.67. The molecule has 0 fully saturated rings. The van der Waals surface area contributed by atoms with Crippen molar-refractivity contribution < 1.29 is 9.59 Å². The maximum absolute atomic E-state index is 12.4. The van der Waals surface area contributed by atoms with Crippen molar-refractivity contribution in [2.45, 2.75) is 33.6 Å². The zero-order valence-corrected chi connectivity index (χ0v) is 14.7. The van der Waals surface area contributed by atoms with Crippen molar-refractivity contribution in [3.05, 3.63) is 28.7 Å². The van der Waals surface area contributed by atoms with Crippen LogP contribution >= 0.6 is 15.9 Å². The molecule has 0 aliphatic rings. The molecule has 5 heteroatoms. The largest absolute Gasteiger partial charge is 0.345 e. The number of halogens is 1. The maximum Gasteiger partial charge on any atom is 0.239 e. The van der Waals surface area contributed by atoms with Crippen molar-refractivity contribution in [2.24, 2.45) is 5.41 Å². The molecule has 1 N–H and O–H groups in total. The Morgan fingerprint density at radius 1 is 1.24 bits per heavy atom. The number of benzene rings is 1. The summed E-state index contributed by atoms with van der Waals surface area (Å²) in [7, 11) is 1.74. The number of carbonyl (C=O) groups excluding carboxylic acids is 2. The van der Waals surface area contributed by atoms with Crippen molar-refractivity contribution in [2.75, 3.05) is 18.9 Å². The third-order valence-electron chi connectivity index (χ3n) is 3.40. The van der Waals surface area contributed by atoms with Crippen LogP contribution in [0.2, 0.25) is 0 Å². The minimum atomic E-state index is -1.09. The lowest BCUT2D eigenvalue weighted by molar-refractivity contribution is -0.145. The first kappa shape index (κ1) is 17.7. The van der Waals surface area contributed by atoms with Crippen LogP contribution in [0.1, 0.15) is 33.6 Å². The minimum Gasteiger partial charge on any atom is -0.345 e. The lowest BCUT2D eigenvalue weighted by Gasteiger charge is -2.28. The fourth-order valence-electron chi connectivity index (χ4n) is 1.89. The van der Waals surface area contributed by atoms with E-state index in [0.717, 1.165) is 17.3 Å². The Bertz CT molecular complexity index is 498. The van der Waals surface area contributed by atoms with Gasteiger partial charge in [0.05, 0.1) is 0 Å². The Kier molecular flexibility index (Phi) is 6.40. The summed E-state index contributed by atoms with van der Waals surface area (Å²) in [5.74, 6) is -0.455. The number of unbranched alkanes of at least 4 members (excludes halogenated alkanes) is 1. The fraction of sp³-hybridized carbons (Fsp3) is 0.500. The zero-order chi connectivity index (χ0) is 16.0. The molecule has 1 rings (SSSR count). The molecular formula is C16H23BrN2O2. The standard InChI is InChI=1S/C16H23BrN2O2/c1-5-6-11-19(4)15(21)16(2,3)14(20)18-13-9-7-12(17)8-10-13/h7-10H,5-6,11H2,1-4H3,(H,18,20). The van der Waals surface area contributed by atoms with Gasteiger partial charge in [0.25, 0.3) is 0 Å². The molecular weight excluding hydrogens is 332 g/mol. The van der Waals surface area contributed by atoms with Gasteiger partial charge in [-0.15, -0.1) is 0 Å². The van der Waals surface area contributed by atoms with Gasteiger partial charge < -0.3 is 10.2 Å². The highest BCUT2D eigenvalue weighted by atomic mass is 79.9. The number of anilines is 1. The lowest BCUT2D eigenvalue weighted by Crippen LogP contribution is -2.46. The van der Waals surface area contributed by atoms with Crippen LogP contribution in [0.3, 0.4) is 0 Å². The van der Waals surface area contributed by atoms with Crippen molar-refractivity contribution in [1.82, 2.24) is 4.90 Å². The molecule has 0 saturated carbocycles. The topological polar surface area (TPSA) is 49.4 Å². The molecule has 0 aliphatic heterocycles. The van der Waals surface area contributed by atoms with Crippen molar-refractivity contribution in [1.29, 1.82) is 0 Å². The number of rotatable bonds is 6. The molecule has 4 nitrogen and oxygen atoms in total. The van der Waals surface area contributed by atoms with Crippen LogP contribution in [-0.2, 0) is 9.59 Å². The first-order valence-corrected chi connectivity index (χ1v) is 7.91. The van der Waals surface area contributed by atoms with Gasteiger partial charge in [-0.3, -0.25) is 9.59 Å². The van der Waals surface area contributed by atoms with E-state index in [0.29, 0.717) is 12.2 Å². The van der Waals surface area contributed by atoms with Gasteiger partial charge in [-0.05, 0) is 44.5 Å². The normalized spacial score (nSPS) is 11.1. The van der Waals surface area contributed by atoms with E-state index in [4.69, 9.17) is 0 Å². The average Bonchev–Trinajstić information content (AvgIpc) is 2.46. The molecule has 0 aliphatic carbocycles. The second-order valence-electron chi connectivity index (χ2n) is 5.67. The number of nitrogens with zero attached hydrogens (tertiary/aromatic N) is 1. The van der Waals surface area contributed by atoms with Crippen LogP contribution in [0.4, 0.5) is 5.69 Å². The summed E-state index contributed by atoms with van der Waals surface area (Å²) in [6, 6.07) is 7.28. The molecule has 0 aromatic heterocycles. The number of hydrogen-bond acceptors (Lipinski definition) is 2. The Balaban J connectivity index is 2.74. The van der Waals surface area contributed by atoms with Gasteiger partial charge in [0.2, 0.25) is 11.8 Å². The summed E-state index contributed by atoms with van der Waals surface area (Å²) in [5.41, 5.74) is -0.407. The third kappa shape index (κ3) is 4.84. The zero-order valence-electron chi connectivity index (χ0n) is 13.1. The first-order chi connectivity index (χ1) is 9.78. The van der Waals surface area contributed by atoms with Gasteiger partial charge in [-0.25, -0.2) is 0 Å². The predicted molar refractivity (Wildman–Crippen MR) is 89.1 cm³/mol. The molecule has 21 heavy (non-hydrogen) atoms. The van der Waals surface area contributed by atoms with Crippen molar-refractivity contribution >= 4 is 33.4 Å². The van der Waals surface area contributed by atoms with Gasteiger partial charge >= 0.3 is 0 Å². The summed E-state index contributed by atoms with van der Waals surface area (Å²) in [5, 5.41) is 2.79. The van der Waals surface area contributed by atoms with Crippen LogP contribution in [-0.4, -0.2) is 30.3 Å². The Morgan fingerprint density at radius 3 is 2.33 bits per heavy atom. The quantitative estimate of drug-likeness (QED) is 0.792. The molecule has 0 heterocycles. The summed E-state index contributed by atoms with van der Waals surface area (Å²) >= 11 is 3.34. The van der Waals surface area contributed by atoms with E-state index in [2.05, 4.69) is 28.2 Å². The molecule has 1 aromatic rings. The summed E-state index contributed by atoms with van der Waals surface area (Å²) in [6.07, 6.45) is 1.95. The highest BCUT2D eigenvalue weighted by molar-refractivity contribution is 9.10.